The van der Waals surface area contributed by atoms with Crippen LogP contribution in [0, 0.1) is 15.9 Å². The fourth-order valence-corrected chi connectivity index (χ4v) is 1.34. The summed E-state index contributed by atoms with van der Waals surface area (Å²) < 4.78 is 17.8. The van der Waals surface area contributed by atoms with Crippen LogP contribution in [0.2, 0.25) is 0 Å². The number of ether oxygens (including phenoxy) is 1. The van der Waals surface area contributed by atoms with Crippen LogP contribution in [0.1, 0.15) is 0 Å². The van der Waals surface area contributed by atoms with E-state index in [-0.39, 0.29) is 23.8 Å². The standard InChI is InChI=1S/C11H14FN3O4/c1-19-5-4-13-11(16)7-14-9-6-8(12)2-3-10(9)15(17)18/h2-3,6,14H,4-5,7H2,1H3,(H,13,16). The largest absolute Gasteiger partial charge is 0.383 e. The van der Waals surface area contributed by atoms with E-state index in [0.717, 1.165) is 18.2 Å². The summed E-state index contributed by atoms with van der Waals surface area (Å²) in [5.74, 6) is -0.983. The molecule has 1 amide bonds. The molecule has 0 unspecified atom stereocenters. The van der Waals surface area contributed by atoms with Gasteiger partial charge in [-0.1, -0.05) is 0 Å². The van der Waals surface area contributed by atoms with Gasteiger partial charge in [-0.2, -0.15) is 0 Å². The highest BCUT2D eigenvalue weighted by Gasteiger charge is 2.14. The van der Waals surface area contributed by atoms with Crippen LogP contribution in [-0.2, 0) is 9.53 Å². The van der Waals surface area contributed by atoms with Crippen molar-refractivity contribution in [1.29, 1.82) is 0 Å². The van der Waals surface area contributed by atoms with Gasteiger partial charge in [0.1, 0.15) is 11.5 Å². The quantitative estimate of drug-likeness (QED) is 0.437. The van der Waals surface area contributed by atoms with Crippen LogP contribution in [0.25, 0.3) is 0 Å². The number of nitrogens with zero attached hydrogens (tertiary/aromatic N) is 1. The Labute approximate surface area is 108 Å². The van der Waals surface area contributed by atoms with Crippen molar-refractivity contribution in [2.45, 2.75) is 0 Å². The van der Waals surface area contributed by atoms with Crippen LogP contribution in [0.15, 0.2) is 18.2 Å². The number of nitro groups is 1. The van der Waals surface area contributed by atoms with Gasteiger partial charge < -0.3 is 15.4 Å². The van der Waals surface area contributed by atoms with Gasteiger partial charge in [0, 0.05) is 25.8 Å². The normalized spacial score (nSPS) is 10.0. The van der Waals surface area contributed by atoms with Crippen LogP contribution >= 0.6 is 0 Å². The lowest BCUT2D eigenvalue weighted by Gasteiger charge is -2.08. The predicted molar refractivity (Wildman–Crippen MR) is 66.4 cm³/mol. The minimum atomic E-state index is -0.648. The molecule has 104 valence electrons. The van der Waals surface area contributed by atoms with E-state index in [1.54, 1.807) is 0 Å². The zero-order valence-electron chi connectivity index (χ0n) is 10.3. The van der Waals surface area contributed by atoms with Gasteiger partial charge >= 0.3 is 0 Å². The number of hydrogen-bond acceptors (Lipinski definition) is 5. The van der Waals surface area contributed by atoms with E-state index < -0.39 is 10.7 Å². The van der Waals surface area contributed by atoms with Crippen molar-refractivity contribution in [3.63, 3.8) is 0 Å². The van der Waals surface area contributed by atoms with Gasteiger partial charge in [0.05, 0.1) is 18.1 Å². The number of nitro benzene ring substituents is 1. The molecule has 0 aliphatic rings. The lowest BCUT2D eigenvalue weighted by molar-refractivity contribution is -0.384. The van der Waals surface area contributed by atoms with E-state index in [1.165, 1.54) is 7.11 Å². The second kappa shape index (κ2) is 7.27. The number of methoxy groups -OCH3 is 1. The molecule has 7 nitrogen and oxygen atoms in total. The summed E-state index contributed by atoms with van der Waals surface area (Å²) >= 11 is 0. The highest BCUT2D eigenvalue weighted by Crippen LogP contribution is 2.24. The second-order valence-electron chi connectivity index (χ2n) is 3.61. The first kappa shape index (κ1) is 14.8. The molecule has 0 saturated heterocycles. The van der Waals surface area contributed by atoms with Crippen LogP contribution in [0.4, 0.5) is 15.8 Å². The van der Waals surface area contributed by atoms with Gasteiger partial charge in [0.2, 0.25) is 5.91 Å². The molecule has 0 aliphatic heterocycles. The summed E-state index contributed by atoms with van der Waals surface area (Å²) in [6.45, 7) is 0.516. The summed E-state index contributed by atoms with van der Waals surface area (Å²) in [6, 6.07) is 3.00. The summed E-state index contributed by atoms with van der Waals surface area (Å²) in [4.78, 5) is 21.4. The maximum absolute atomic E-state index is 13.0. The monoisotopic (exact) mass is 271 g/mol. The molecule has 1 rings (SSSR count). The van der Waals surface area contributed by atoms with Gasteiger partial charge in [-0.15, -0.1) is 0 Å². The molecular weight excluding hydrogens is 257 g/mol. The van der Waals surface area contributed by atoms with E-state index in [9.17, 15) is 19.3 Å². The smallest absolute Gasteiger partial charge is 0.292 e. The van der Waals surface area contributed by atoms with E-state index >= 15 is 0 Å². The minimum absolute atomic E-state index is 0.0353. The summed E-state index contributed by atoms with van der Waals surface area (Å²) in [5.41, 5.74) is -0.321. The van der Waals surface area contributed by atoms with Crippen LogP contribution in [-0.4, -0.2) is 37.6 Å². The highest BCUT2D eigenvalue weighted by molar-refractivity contribution is 5.81. The summed E-state index contributed by atoms with van der Waals surface area (Å²) in [6.07, 6.45) is 0. The first-order valence-corrected chi connectivity index (χ1v) is 5.48. The fourth-order valence-electron chi connectivity index (χ4n) is 1.34. The topological polar surface area (TPSA) is 93.5 Å². The Kier molecular flexibility index (Phi) is 5.68. The molecule has 2 N–H and O–H groups in total. The molecule has 1 aromatic rings. The zero-order valence-corrected chi connectivity index (χ0v) is 10.3. The van der Waals surface area contributed by atoms with Crippen LogP contribution in [0.5, 0.6) is 0 Å². The number of benzene rings is 1. The molecule has 0 aliphatic carbocycles. The molecule has 0 atom stereocenters. The molecule has 0 spiro atoms. The van der Waals surface area contributed by atoms with Gasteiger partial charge in [0.25, 0.3) is 5.69 Å². The number of hydrogen-bond donors (Lipinski definition) is 2. The Bertz CT molecular complexity index is 467. The fraction of sp³-hybridized carbons (Fsp3) is 0.364. The SMILES string of the molecule is COCCNC(=O)CNc1cc(F)ccc1[N+](=O)[O-]. The molecular formula is C11H14FN3O4. The van der Waals surface area contributed by atoms with Gasteiger partial charge in [-0.25, -0.2) is 4.39 Å². The van der Waals surface area contributed by atoms with E-state index in [0.29, 0.717) is 13.2 Å². The molecule has 0 bridgehead atoms. The number of carbonyl (C=O) groups excluding carboxylic acids is 1. The molecule has 8 heteroatoms. The van der Waals surface area contributed by atoms with Crippen molar-refractivity contribution in [2.75, 3.05) is 32.1 Å². The molecule has 19 heavy (non-hydrogen) atoms. The van der Waals surface area contributed by atoms with Crippen molar-refractivity contribution in [3.8, 4) is 0 Å². The Morgan fingerprint density at radius 1 is 1.53 bits per heavy atom. The Morgan fingerprint density at radius 2 is 2.26 bits per heavy atom. The van der Waals surface area contributed by atoms with E-state index in [4.69, 9.17) is 4.74 Å². The Morgan fingerprint density at radius 3 is 2.89 bits per heavy atom. The van der Waals surface area contributed by atoms with Gasteiger partial charge in [-0.3, -0.25) is 14.9 Å². The summed E-state index contributed by atoms with van der Waals surface area (Å²) in [5, 5.41) is 15.8. The first-order valence-electron chi connectivity index (χ1n) is 5.48. The third-order valence-electron chi connectivity index (χ3n) is 2.22. The van der Waals surface area contributed by atoms with Crippen LogP contribution in [0.3, 0.4) is 0 Å². The van der Waals surface area contributed by atoms with E-state index in [1.807, 2.05) is 0 Å². The number of rotatable bonds is 7. The number of nitrogens with one attached hydrogen (secondary N) is 2. The predicted octanol–water partition coefficient (Wildman–Crippen LogP) is 0.908. The minimum Gasteiger partial charge on any atom is -0.383 e. The maximum atomic E-state index is 13.0. The maximum Gasteiger partial charge on any atom is 0.292 e. The summed E-state index contributed by atoms with van der Waals surface area (Å²) in [7, 11) is 1.50. The zero-order chi connectivity index (χ0) is 14.3. The molecule has 0 heterocycles. The average Bonchev–Trinajstić information content (AvgIpc) is 2.36. The van der Waals surface area contributed by atoms with Crippen molar-refractivity contribution in [1.82, 2.24) is 5.32 Å². The average molecular weight is 271 g/mol. The highest BCUT2D eigenvalue weighted by atomic mass is 19.1. The van der Waals surface area contributed by atoms with Crippen LogP contribution < -0.4 is 10.6 Å². The third-order valence-corrected chi connectivity index (χ3v) is 2.22. The van der Waals surface area contributed by atoms with Crippen molar-refractivity contribution in [2.24, 2.45) is 0 Å². The van der Waals surface area contributed by atoms with Gasteiger partial charge in [-0.05, 0) is 6.07 Å². The van der Waals surface area contributed by atoms with Crippen molar-refractivity contribution < 1.29 is 18.8 Å². The van der Waals surface area contributed by atoms with Crippen molar-refractivity contribution in [3.05, 3.63) is 34.1 Å². The van der Waals surface area contributed by atoms with Crippen molar-refractivity contribution >= 4 is 17.3 Å². The number of anilines is 1. The number of carbonyl (C=O) groups is 1. The molecule has 0 fully saturated rings. The molecule has 0 aromatic heterocycles. The Balaban J connectivity index is 2.59. The lowest BCUT2D eigenvalue weighted by atomic mass is 10.2. The van der Waals surface area contributed by atoms with Gasteiger partial charge in [0.15, 0.2) is 0 Å². The van der Waals surface area contributed by atoms with E-state index in [2.05, 4.69) is 10.6 Å². The first-order chi connectivity index (χ1) is 9.04. The molecule has 0 saturated carbocycles. The Hall–Kier alpha value is -2.22. The number of halogens is 1. The number of amides is 1. The molecule has 1 aromatic carbocycles. The lowest BCUT2D eigenvalue weighted by Crippen LogP contribution is -2.32. The third kappa shape index (κ3) is 4.88. The second-order valence-corrected chi connectivity index (χ2v) is 3.61. The molecule has 0 radical (unpaired) electrons.